The van der Waals surface area contributed by atoms with Gasteiger partial charge < -0.3 is 5.32 Å². The number of aromatic nitrogens is 2. The van der Waals surface area contributed by atoms with Crippen LogP contribution in [0.4, 0.5) is 5.13 Å². The number of hydrogen-bond donors (Lipinski definition) is 1. The number of nitrogens with zero attached hydrogens (tertiary/aromatic N) is 2. The highest BCUT2D eigenvalue weighted by Gasteiger charge is 2.07. The summed E-state index contributed by atoms with van der Waals surface area (Å²) in [7, 11) is 0. The zero-order valence-electron chi connectivity index (χ0n) is 8.20. The molecule has 1 aromatic heterocycles. The zero-order chi connectivity index (χ0) is 9.68. The topological polar surface area (TPSA) is 37.8 Å². The summed E-state index contributed by atoms with van der Waals surface area (Å²) in [5.74, 6) is 1.97. The molecule has 1 atom stereocenters. The highest BCUT2D eigenvalue weighted by Crippen LogP contribution is 2.14. The third kappa shape index (κ3) is 3.52. The summed E-state index contributed by atoms with van der Waals surface area (Å²) in [6.45, 7) is 4.10. The fraction of sp³-hybridized carbons (Fsp3) is 0.750. The Balaban J connectivity index is 2.46. The second kappa shape index (κ2) is 5.44. The van der Waals surface area contributed by atoms with Gasteiger partial charge in [-0.15, -0.1) is 0 Å². The quantitative estimate of drug-likeness (QED) is 0.822. The molecule has 13 heavy (non-hydrogen) atoms. The molecule has 0 saturated heterocycles. The van der Waals surface area contributed by atoms with E-state index in [1.54, 1.807) is 0 Å². The van der Waals surface area contributed by atoms with Gasteiger partial charge in [0.2, 0.25) is 5.13 Å². The smallest absolute Gasteiger partial charge is 0.202 e. The number of hydrogen-bond acceptors (Lipinski definition) is 5. The molecule has 0 aliphatic heterocycles. The molecular weight excluding hydrogens is 202 g/mol. The Labute approximate surface area is 87.5 Å². The molecule has 5 heteroatoms. The summed E-state index contributed by atoms with van der Waals surface area (Å²) < 4.78 is 4.13. The Morgan fingerprint density at radius 3 is 2.85 bits per heavy atom. The lowest BCUT2D eigenvalue weighted by atomic mass is 10.3. The second-order valence-corrected chi connectivity index (χ2v) is 4.51. The standard InChI is InChI=1S/C8H15N3S2/c1-4-7(5-12-3)10-8-9-6(2)11-13-8/h7H,4-5H2,1-3H3,(H,9,10,11). The van der Waals surface area contributed by atoms with Crippen LogP contribution in [0.15, 0.2) is 0 Å². The summed E-state index contributed by atoms with van der Waals surface area (Å²) in [6, 6.07) is 0.516. The molecule has 0 bridgehead atoms. The fourth-order valence-corrected chi connectivity index (χ4v) is 2.37. The first-order chi connectivity index (χ1) is 6.26. The molecule has 0 fully saturated rings. The van der Waals surface area contributed by atoms with Gasteiger partial charge in [0.25, 0.3) is 0 Å². The number of anilines is 1. The fourth-order valence-electron chi connectivity index (χ4n) is 0.993. The van der Waals surface area contributed by atoms with Crippen LogP contribution in [0.5, 0.6) is 0 Å². The molecule has 1 aromatic rings. The molecule has 0 aromatic carbocycles. The zero-order valence-corrected chi connectivity index (χ0v) is 9.84. The largest absolute Gasteiger partial charge is 0.357 e. The van der Waals surface area contributed by atoms with E-state index in [0.717, 1.165) is 23.1 Å². The van der Waals surface area contributed by atoms with Crippen LogP contribution in [0.1, 0.15) is 19.2 Å². The van der Waals surface area contributed by atoms with Gasteiger partial charge in [-0.2, -0.15) is 16.1 Å². The lowest BCUT2D eigenvalue weighted by Gasteiger charge is -2.13. The predicted octanol–water partition coefficient (Wildman–Crippen LogP) is 2.40. The van der Waals surface area contributed by atoms with E-state index in [9.17, 15) is 0 Å². The van der Waals surface area contributed by atoms with Gasteiger partial charge in [0.15, 0.2) is 0 Å². The summed E-state index contributed by atoms with van der Waals surface area (Å²) >= 11 is 3.29. The molecule has 0 aliphatic rings. The summed E-state index contributed by atoms with van der Waals surface area (Å²) in [6.07, 6.45) is 3.25. The summed E-state index contributed by atoms with van der Waals surface area (Å²) in [5, 5.41) is 4.32. The van der Waals surface area contributed by atoms with Crippen molar-refractivity contribution in [1.82, 2.24) is 9.36 Å². The SMILES string of the molecule is CCC(CSC)Nc1nc(C)ns1. The van der Waals surface area contributed by atoms with E-state index in [-0.39, 0.29) is 0 Å². The maximum atomic E-state index is 4.27. The van der Waals surface area contributed by atoms with Crippen molar-refractivity contribution in [3.63, 3.8) is 0 Å². The molecule has 1 N–H and O–H groups in total. The Kier molecular flexibility index (Phi) is 4.52. The van der Waals surface area contributed by atoms with Crippen molar-refractivity contribution in [3.05, 3.63) is 5.82 Å². The van der Waals surface area contributed by atoms with Crippen molar-refractivity contribution in [3.8, 4) is 0 Å². The molecule has 1 unspecified atom stereocenters. The highest BCUT2D eigenvalue weighted by molar-refractivity contribution is 7.98. The van der Waals surface area contributed by atoms with E-state index in [0.29, 0.717) is 6.04 Å². The van der Waals surface area contributed by atoms with Crippen LogP contribution in [0, 0.1) is 6.92 Å². The first kappa shape index (κ1) is 10.8. The van der Waals surface area contributed by atoms with E-state index in [2.05, 4.69) is 27.9 Å². The maximum absolute atomic E-state index is 4.27. The van der Waals surface area contributed by atoms with E-state index >= 15 is 0 Å². The van der Waals surface area contributed by atoms with Gasteiger partial charge in [-0.05, 0) is 19.6 Å². The third-order valence-corrected chi connectivity index (χ3v) is 3.19. The van der Waals surface area contributed by atoms with Crippen LogP contribution >= 0.6 is 23.3 Å². The van der Waals surface area contributed by atoms with Crippen LogP contribution in [-0.2, 0) is 0 Å². The number of nitrogens with one attached hydrogen (secondary N) is 1. The molecule has 1 heterocycles. The lowest BCUT2D eigenvalue weighted by Crippen LogP contribution is -2.20. The minimum atomic E-state index is 0.516. The van der Waals surface area contributed by atoms with Crippen LogP contribution in [-0.4, -0.2) is 27.4 Å². The average Bonchev–Trinajstić information content (AvgIpc) is 2.50. The summed E-state index contributed by atoms with van der Waals surface area (Å²) in [5.41, 5.74) is 0. The number of thioether (sulfide) groups is 1. The highest BCUT2D eigenvalue weighted by atomic mass is 32.2. The maximum Gasteiger partial charge on any atom is 0.202 e. The summed E-state index contributed by atoms with van der Waals surface area (Å²) in [4.78, 5) is 4.27. The first-order valence-electron chi connectivity index (χ1n) is 4.32. The normalized spacial score (nSPS) is 12.8. The minimum absolute atomic E-state index is 0.516. The van der Waals surface area contributed by atoms with Crippen molar-refractivity contribution in [1.29, 1.82) is 0 Å². The van der Waals surface area contributed by atoms with E-state index in [4.69, 9.17) is 0 Å². The van der Waals surface area contributed by atoms with Gasteiger partial charge in [0.05, 0.1) is 0 Å². The van der Waals surface area contributed by atoms with Crippen molar-refractivity contribution in [2.45, 2.75) is 26.3 Å². The van der Waals surface area contributed by atoms with Crippen LogP contribution in [0.25, 0.3) is 0 Å². The van der Waals surface area contributed by atoms with Gasteiger partial charge in [0.1, 0.15) is 5.82 Å². The molecule has 0 amide bonds. The van der Waals surface area contributed by atoms with Gasteiger partial charge in [-0.1, -0.05) is 6.92 Å². The van der Waals surface area contributed by atoms with Crippen molar-refractivity contribution in [2.75, 3.05) is 17.3 Å². The van der Waals surface area contributed by atoms with E-state index in [1.807, 2.05) is 18.7 Å². The van der Waals surface area contributed by atoms with Crippen LogP contribution < -0.4 is 5.32 Å². The van der Waals surface area contributed by atoms with Gasteiger partial charge in [-0.25, -0.2) is 4.98 Å². The van der Waals surface area contributed by atoms with Crippen LogP contribution in [0.2, 0.25) is 0 Å². The molecular formula is C8H15N3S2. The van der Waals surface area contributed by atoms with Gasteiger partial charge in [-0.3, -0.25) is 0 Å². The lowest BCUT2D eigenvalue weighted by molar-refractivity contribution is 0.773. The Bertz CT molecular complexity index is 249. The molecule has 0 radical (unpaired) electrons. The van der Waals surface area contributed by atoms with E-state index in [1.165, 1.54) is 11.5 Å². The van der Waals surface area contributed by atoms with Crippen molar-refractivity contribution in [2.24, 2.45) is 0 Å². The molecule has 1 rings (SSSR count). The third-order valence-electron chi connectivity index (χ3n) is 1.72. The second-order valence-electron chi connectivity index (χ2n) is 2.85. The van der Waals surface area contributed by atoms with Crippen LogP contribution in [0.3, 0.4) is 0 Å². The van der Waals surface area contributed by atoms with Gasteiger partial charge >= 0.3 is 0 Å². The van der Waals surface area contributed by atoms with E-state index < -0.39 is 0 Å². The minimum Gasteiger partial charge on any atom is -0.357 e. The molecule has 3 nitrogen and oxygen atoms in total. The Hall–Kier alpha value is -0.290. The molecule has 74 valence electrons. The van der Waals surface area contributed by atoms with Gasteiger partial charge in [0, 0.05) is 23.3 Å². The molecule has 0 spiro atoms. The molecule has 0 saturated carbocycles. The number of aryl methyl sites for hydroxylation is 1. The first-order valence-corrected chi connectivity index (χ1v) is 6.48. The monoisotopic (exact) mass is 217 g/mol. The Morgan fingerprint density at radius 1 is 1.62 bits per heavy atom. The Morgan fingerprint density at radius 2 is 2.38 bits per heavy atom. The van der Waals surface area contributed by atoms with Crippen molar-refractivity contribution >= 4 is 28.4 Å². The molecule has 0 aliphatic carbocycles. The predicted molar refractivity (Wildman–Crippen MR) is 60.7 cm³/mol. The van der Waals surface area contributed by atoms with Crippen molar-refractivity contribution < 1.29 is 0 Å². The average molecular weight is 217 g/mol. The number of rotatable bonds is 5.